The normalized spacial score (nSPS) is 20.7. The van der Waals surface area contributed by atoms with Gasteiger partial charge in [0.2, 0.25) is 5.91 Å². The Morgan fingerprint density at radius 2 is 2.17 bits per heavy atom. The Bertz CT molecular complexity index is 310. The molecule has 1 fully saturated rings. The summed E-state index contributed by atoms with van der Waals surface area (Å²) < 4.78 is 0. The number of amides is 1. The van der Waals surface area contributed by atoms with Crippen LogP contribution in [0.1, 0.15) is 38.5 Å². The molecule has 0 spiro atoms. The molecule has 0 aromatic rings. The summed E-state index contributed by atoms with van der Waals surface area (Å²) in [5.41, 5.74) is 0. The monoisotopic (exact) mass is 252 g/mol. The van der Waals surface area contributed by atoms with Crippen LogP contribution in [0, 0.1) is 0 Å². The molecule has 0 radical (unpaired) electrons. The van der Waals surface area contributed by atoms with Gasteiger partial charge in [0, 0.05) is 32.6 Å². The number of hydrogen-bond acceptors (Lipinski definition) is 4. The van der Waals surface area contributed by atoms with Gasteiger partial charge in [-0.25, -0.2) is 0 Å². The van der Waals surface area contributed by atoms with Crippen LogP contribution < -0.4 is 10.6 Å². The topological polar surface area (TPSA) is 56.7 Å². The lowest BCUT2D eigenvalue weighted by Gasteiger charge is -2.23. The van der Waals surface area contributed by atoms with Gasteiger partial charge in [-0.1, -0.05) is 19.3 Å². The number of carbonyl (C=O) groups is 1. The van der Waals surface area contributed by atoms with E-state index in [9.17, 15) is 4.79 Å². The van der Waals surface area contributed by atoms with Crippen LogP contribution in [0.15, 0.2) is 4.99 Å². The van der Waals surface area contributed by atoms with Crippen LogP contribution in [0.2, 0.25) is 0 Å². The third kappa shape index (κ3) is 3.89. The first-order chi connectivity index (χ1) is 8.75. The van der Waals surface area contributed by atoms with Crippen molar-refractivity contribution in [2.75, 3.05) is 26.7 Å². The van der Waals surface area contributed by atoms with Crippen LogP contribution in [-0.4, -0.2) is 49.5 Å². The molecule has 102 valence electrons. The van der Waals surface area contributed by atoms with Gasteiger partial charge in [0.05, 0.1) is 6.54 Å². The minimum absolute atomic E-state index is 0.163. The van der Waals surface area contributed by atoms with Crippen molar-refractivity contribution >= 4 is 11.9 Å². The van der Waals surface area contributed by atoms with Gasteiger partial charge in [-0.05, 0) is 12.8 Å². The van der Waals surface area contributed by atoms with E-state index in [2.05, 4.69) is 20.5 Å². The number of aliphatic imine (C=N–C) groups is 1. The Kier molecular flexibility index (Phi) is 4.84. The zero-order valence-electron chi connectivity index (χ0n) is 11.2. The van der Waals surface area contributed by atoms with Crippen LogP contribution >= 0.6 is 0 Å². The number of hydrogen-bond donors (Lipinski definition) is 2. The van der Waals surface area contributed by atoms with E-state index in [0.29, 0.717) is 19.0 Å². The second kappa shape index (κ2) is 6.61. The van der Waals surface area contributed by atoms with E-state index in [-0.39, 0.29) is 5.91 Å². The predicted octanol–water partition coefficient (Wildman–Crippen LogP) is 0.716. The van der Waals surface area contributed by atoms with Gasteiger partial charge in [-0.15, -0.1) is 0 Å². The third-order valence-electron chi connectivity index (χ3n) is 3.66. The van der Waals surface area contributed by atoms with E-state index in [1.165, 1.54) is 19.3 Å². The summed E-state index contributed by atoms with van der Waals surface area (Å²) in [7, 11) is 2.01. The quantitative estimate of drug-likeness (QED) is 0.775. The average Bonchev–Trinajstić information content (AvgIpc) is 2.76. The highest BCUT2D eigenvalue weighted by Crippen LogP contribution is 2.17. The molecule has 0 atom stereocenters. The van der Waals surface area contributed by atoms with Crippen LogP contribution in [0.5, 0.6) is 0 Å². The number of guanidine groups is 1. The molecule has 5 heteroatoms. The lowest BCUT2D eigenvalue weighted by molar-refractivity contribution is -0.121. The van der Waals surface area contributed by atoms with Gasteiger partial charge >= 0.3 is 0 Å². The van der Waals surface area contributed by atoms with Crippen LogP contribution in [0.4, 0.5) is 0 Å². The zero-order chi connectivity index (χ0) is 12.8. The first-order valence-corrected chi connectivity index (χ1v) is 7.04. The molecule has 0 aromatic heterocycles. The molecule has 2 N–H and O–H groups in total. The van der Waals surface area contributed by atoms with Crippen molar-refractivity contribution in [2.45, 2.75) is 44.6 Å². The van der Waals surface area contributed by atoms with E-state index in [0.717, 1.165) is 31.9 Å². The maximum Gasteiger partial charge on any atom is 0.221 e. The lowest BCUT2D eigenvalue weighted by atomic mass is 9.95. The smallest absolute Gasteiger partial charge is 0.221 e. The molecule has 1 heterocycles. The fraction of sp³-hybridized carbons (Fsp3) is 0.846. The number of nitrogens with one attached hydrogen (secondary N) is 2. The highest BCUT2D eigenvalue weighted by Gasteiger charge is 2.16. The van der Waals surface area contributed by atoms with Gasteiger partial charge in [0.15, 0.2) is 5.96 Å². The van der Waals surface area contributed by atoms with Gasteiger partial charge in [-0.2, -0.15) is 0 Å². The minimum Gasteiger partial charge on any atom is -0.356 e. The molecule has 1 aliphatic heterocycles. The van der Waals surface area contributed by atoms with Crippen molar-refractivity contribution in [2.24, 2.45) is 4.99 Å². The van der Waals surface area contributed by atoms with E-state index in [1.54, 1.807) is 0 Å². The molecule has 0 aromatic carbocycles. The summed E-state index contributed by atoms with van der Waals surface area (Å²) in [4.78, 5) is 18.2. The summed E-state index contributed by atoms with van der Waals surface area (Å²) in [5.74, 6) is 1.08. The average molecular weight is 252 g/mol. The second-order valence-electron chi connectivity index (χ2n) is 5.21. The Balaban J connectivity index is 1.59. The molecule has 0 saturated heterocycles. The summed E-state index contributed by atoms with van der Waals surface area (Å²) in [5, 5.41) is 6.34. The van der Waals surface area contributed by atoms with Crippen molar-refractivity contribution < 1.29 is 4.79 Å². The molecule has 1 saturated carbocycles. The minimum atomic E-state index is 0.163. The number of likely N-dealkylation sites (N-methyl/N-ethyl adjacent to an activating group) is 1. The SMILES string of the molecule is CN1CCN=C1NCCC(=O)NC1CCCCC1. The highest BCUT2D eigenvalue weighted by atomic mass is 16.1. The first kappa shape index (κ1) is 13.2. The fourth-order valence-electron chi connectivity index (χ4n) is 2.56. The molecular formula is C13H24N4O. The van der Waals surface area contributed by atoms with Gasteiger partial charge in [-0.3, -0.25) is 9.79 Å². The van der Waals surface area contributed by atoms with Crippen molar-refractivity contribution in [3.8, 4) is 0 Å². The van der Waals surface area contributed by atoms with E-state index < -0.39 is 0 Å². The molecule has 1 aliphatic carbocycles. The molecule has 1 amide bonds. The fourth-order valence-corrected chi connectivity index (χ4v) is 2.56. The number of carbonyl (C=O) groups excluding carboxylic acids is 1. The molecular weight excluding hydrogens is 228 g/mol. The lowest BCUT2D eigenvalue weighted by Crippen LogP contribution is -2.40. The molecule has 0 bridgehead atoms. The van der Waals surface area contributed by atoms with Crippen molar-refractivity contribution in [3.63, 3.8) is 0 Å². The molecule has 18 heavy (non-hydrogen) atoms. The van der Waals surface area contributed by atoms with Crippen molar-refractivity contribution in [3.05, 3.63) is 0 Å². The summed E-state index contributed by atoms with van der Waals surface area (Å²) in [6.07, 6.45) is 6.66. The maximum absolute atomic E-state index is 11.8. The Hall–Kier alpha value is -1.26. The van der Waals surface area contributed by atoms with Crippen molar-refractivity contribution in [1.29, 1.82) is 0 Å². The molecule has 2 rings (SSSR count). The van der Waals surface area contributed by atoms with E-state index in [1.807, 2.05) is 7.05 Å². The third-order valence-corrected chi connectivity index (χ3v) is 3.66. The Morgan fingerprint density at radius 1 is 1.39 bits per heavy atom. The second-order valence-corrected chi connectivity index (χ2v) is 5.21. The van der Waals surface area contributed by atoms with Crippen LogP contribution in [0.3, 0.4) is 0 Å². The van der Waals surface area contributed by atoms with Crippen LogP contribution in [-0.2, 0) is 4.79 Å². The van der Waals surface area contributed by atoms with Crippen molar-refractivity contribution in [1.82, 2.24) is 15.5 Å². The number of nitrogens with zero attached hydrogens (tertiary/aromatic N) is 2. The molecule has 0 unspecified atom stereocenters. The number of rotatable bonds is 4. The van der Waals surface area contributed by atoms with Gasteiger partial charge in [0.1, 0.15) is 0 Å². The van der Waals surface area contributed by atoms with Crippen LogP contribution in [0.25, 0.3) is 0 Å². The Labute approximate surface area is 109 Å². The summed E-state index contributed by atoms with van der Waals surface area (Å²) >= 11 is 0. The predicted molar refractivity (Wildman–Crippen MR) is 72.6 cm³/mol. The molecule has 5 nitrogen and oxygen atoms in total. The van der Waals surface area contributed by atoms with E-state index in [4.69, 9.17) is 0 Å². The van der Waals surface area contributed by atoms with Gasteiger partial charge < -0.3 is 15.5 Å². The standard InChI is InChI=1S/C13H24N4O/c1-17-10-9-15-13(17)14-8-7-12(18)16-11-5-3-2-4-6-11/h11H,2-10H2,1H3,(H,14,15)(H,16,18). The largest absolute Gasteiger partial charge is 0.356 e. The molecule has 2 aliphatic rings. The maximum atomic E-state index is 11.8. The zero-order valence-corrected chi connectivity index (χ0v) is 11.2. The summed E-state index contributed by atoms with van der Waals surface area (Å²) in [6, 6.07) is 0.415. The van der Waals surface area contributed by atoms with E-state index >= 15 is 0 Å². The first-order valence-electron chi connectivity index (χ1n) is 7.04. The summed E-state index contributed by atoms with van der Waals surface area (Å²) in [6.45, 7) is 2.49. The highest BCUT2D eigenvalue weighted by molar-refractivity contribution is 5.82. The Morgan fingerprint density at radius 3 is 2.83 bits per heavy atom. The van der Waals surface area contributed by atoms with Gasteiger partial charge in [0.25, 0.3) is 0 Å².